The fraction of sp³-hybridized carbons (Fsp3) is 0.250. The highest BCUT2D eigenvalue weighted by atomic mass is 32.1. The molecule has 132 valence electrons. The summed E-state index contributed by atoms with van der Waals surface area (Å²) in [5.41, 5.74) is 4.77. The largest absolute Gasteiger partial charge is 0.382 e. The summed E-state index contributed by atoms with van der Waals surface area (Å²) in [5.74, 6) is -0.0605. The average Bonchev–Trinajstić information content (AvgIpc) is 3.33. The van der Waals surface area contributed by atoms with Crippen LogP contribution in [0.1, 0.15) is 17.7 Å². The second-order valence-electron chi connectivity index (χ2n) is 6.44. The molecule has 1 atom stereocenters. The third-order valence-corrected chi connectivity index (χ3v) is 5.17. The number of hydrogen-bond acceptors (Lipinski definition) is 5. The van der Waals surface area contributed by atoms with E-state index in [4.69, 9.17) is 4.84 Å². The van der Waals surface area contributed by atoms with E-state index in [1.807, 2.05) is 17.5 Å². The number of fused-ring (bicyclic) bond motifs is 1. The van der Waals surface area contributed by atoms with E-state index in [0.717, 1.165) is 11.4 Å². The van der Waals surface area contributed by atoms with E-state index in [-0.39, 0.29) is 5.91 Å². The number of rotatable bonds is 5. The molecule has 0 aliphatic carbocycles. The van der Waals surface area contributed by atoms with Crippen LogP contribution in [0.3, 0.4) is 0 Å². The van der Waals surface area contributed by atoms with Crippen LogP contribution in [0.15, 0.2) is 58.5 Å². The Bertz CT molecular complexity index is 947. The summed E-state index contributed by atoms with van der Waals surface area (Å²) in [5, 5.41) is 8.55. The van der Waals surface area contributed by atoms with Crippen LogP contribution in [0.2, 0.25) is 0 Å². The van der Waals surface area contributed by atoms with Gasteiger partial charge >= 0.3 is 0 Å². The first-order valence-electron chi connectivity index (χ1n) is 8.51. The van der Waals surface area contributed by atoms with Crippen molar-refractivity contribution in [1.82, 2.24) is 9.88 Å². The fourth-order valence-electron chi connectivity index (χ4n) is 3.21. The van der Waals surface area contributed by atoms with Gasteiger partial charge in [0.1, 0.15) is 0 Å². The van der Waals surface area contributed by atoms with E-state index >= 15 is 0 Å². The second-order valence-corrected chi connectivity index (χ2v) is 7.16. The number of carbonyl (C=O) groups excluding carboxylic acids is 1. The van der Waals surface area contributed by atoms with E-state index in [0.29, 0.717) is 19.4 Å². The molecule has 4 rings (SSSR count). The van der Waals surface area contributed by atoms with Gasteiger partial charge in [0.25, 0.3) is 5.91 Å². The fourth-order valence-corrected chi connectivity index (χ4v) is 3.76. The summed E-state index contributed by atoms with van der Waals surface area (Å²) in [6.45, 7) is 0.487. The van der Waals surface area contributed by atoms with Crippen LogP contribution < -0.4 is 0 Å². The van der Waals surface area contributed by atoms with Gasteiger partial charge in [-0.25, -0.2) is 4.98 Å². The molecule has 1 aromatic heterocycles. The quantitative estimate of drug-likeness (QED) is 0.694. The molecule has 1 aliphatic heterocycles. The molecule has 1 amide bonds. The first-order valence-corrected chi connectivity index (χ1v) is 9.45. The Labute approximate surface area is 155 Å². The van der Waals surface area contributed by atoms with Crippen molar-refractivity contribution in [3.8, 4) is 0 Å². The third-order valence-electron chi connectivity index (χ3n) is 4.54. The van der Waals surface area contributed by atoms with Crippen LogP contribution in [0.4, 0.5) is 0 Å². The number of thiazole rings is 1. The molecule has 0 bridgehead atoms. The first kappa shape index (κ1) is 16.7. The Morgan fingerprint density at radius 3 is 2.96 bits per heavy atom. The van der Waals surface area contributed by atoms with Gasteiger partial charge in [0.2, 0.25) is 6.10 Å². The zero-order valence-corrected chi connectivity index (χ0v) is 15.3. The Balaban J connectivity index is 1.41. The average molecular weight is 365 g/mol. The number of nitrogens with zero attached hydrogens (tertiary/aromatic N) is 3. The summed E-state index contributed by atoms with van der Waals surface area (Å²) in [6.07, 6.45) is 0.688. The van der Waals surface area contributed by atoms with E-state index in [2.05, 4.69) is 40.5 Å². The van der Waals surface area contributed by atoms with E-state index < -0.39 is 6.10 Å². The molecule has 0 N–H and O–H groups in total. The summed E-state index contributed by atoms with van der Waals surface area (Å²) in [6, 6.07) is 14.6. The lowest BCUT2D eigenvalue weighted by Gasteiger charge is -2.18. The maximum Gasteiger partial charge on any atom is 0.266 e. The minimum absolute atomic E-state index is 0.0605. The molecule has 0 spiro atoms. The normalized spacial score (nSPS) is 16.3. The Hall–Kier alpha value is -2.73. The summed E-state index contributed by atoms with van der Waals surface area (Å²) < 4.78 is 0. The third kappa shape index (κ3) is 3.46. The number of aromatic nitrogens is 1. The monoisotopic (exact) mass is 365 g/mol. The molecule has 3 aromatic rings. The molecule has 2 heterocycles. The first-order chi connectivity index (χ1) is 12.7. The predicted molar refractivity (Wildman–Crippen MR) is 103 cm³/mol. The van der Waals surface area contributed by atoms with Crippen molar-refractivity contribution >= 4 is 33.7 Å². The number of amides is 1. The topological polar surface area (TPSA) is 54.8 Å². The number of hydrogen-bond donors (Lipinski definition) is 0. The van der Waals surface area contributed by atoms with Gasteiger partial charge in [-0.3, -0.25) is 4.79 Å². The van der Waals surface area contributed by atoms with Gasteiger partial charge in [0.05, 0.1) is 23.5 Å². The Kier molecular flexibility index (Phi) is 4.67. The van der Waals surface area contributed by atoms with Crippen LogP contribution in [0.25, 0.3) is 10.8 Å². The van der Waals surface area contributed by atoms with Gasteiger partial charge in [-0.05, 0) is 16.3 Å². The molecule has 1 aliphatic rings. The highest BCUT2D eigenvalue weighted by Crippen LogP contribution is 2.22. The Morgan fingerprint density at radius 1 is 1.27 bits per heavy atom. The lowest BCUT2D eigenvalue weighted by atomic mass is 9.98. The van der Waals surface area contributed by atoms with Crippen molar-refractivity contribution in [3.05, 3.63) is 64.6 Å². The smallest absolute Gasteiger partial charge is 0.266 e. The highest BCUT2D eigenvalue weighted by molar-refractivity contribution is 7.07. The molecule has 0 saturated carbocycles. The van der Waals surface area contributed by atoms with Gasteiger partial charge in [-0.1, -0.05) is 47.6 Å². The number of benzene rings is 2. The van der Waals surface area contributed by atoms with Crippen molar-refractivity contribution in [1.29, 1.82) is 0 Å². The van der Waals surface area contributed by atoms with E-state index in [1.54, 1.807) is 17.5 Å². The summed E-state index contributed by atoms with van der Waals surface area (Å²) >= 11 is 1.53. The molecular weight excluding hydrogens is 346 g/mol. The molecule has 5 nitrogen and oxygen atoms in total. The molecule has 0 radical (unpaired) electrons. The SMILES string of the molecule is CN(Cc1cscn1)C(=O)[C@@H]1CC(Cc2cccc3ccccc23)=NO1. The van der Waals surface area contributed by atoms with Crippen molar-refractivity contribution < 1.29 is 9.63 Å². The molecular formula is C20H19N3O2S. The number of oxime groups is 1. The minimum Gasteiger partial charge on any atom is -0.382 e. The van der Waals surface area contributed by atoms with E-state index in [1.165, 1.54) is 27.7 Å². The zero-order valence-electron chi connectivity index (χ0n) is 14.5. The van der Waals surface area contributed by atoms with Crippen LogP contribution in [-0.4, -0.2) is 34.7 Å². The van der Waals surface area contributed by atoms with Crippen LogP contribution >= 0.6 is 11.3 Å². The second kappa shape index (κ2) is 7.25. The predicted octanol–water partition coefficient (Wildman–Crippen LogP) is 3.64. The molecule has 2 aromatic carbocycles. The molecule has 0 saturated heterocycles. The van der Waals surface area contributed by atoms with Crippen LogP contribution in [-0.2, 0) is 22.6 Å². The van der Waals surface area contributed by atoms with Gasteiger partial charge in [0.15, 0.2) is 0 Å². The van der Waals surface area contributed by atoms with Crippen LogP contribution in [0.5, 0.6) is 0 Å². The summed E-state index contributed by atoms with van der Waals surface area (Å²) in [4.78, 5) is 23.9. The zero-order chi connectivity index (χ0) is 17.9. The summed E-state index contributed by atoms with van der Waals surface area (Å²) in [7, 11) is 1.77. The standard InChI is InChI=1S/C20H19N3O2S/c1-23(11-17-12-26-13-21-17)20(24)19-10-16(22-25-19)9-15-7-4-6-14-5-2-3-8-18(14)15/h2-8,12-13,19H,9-11H2,1H3/t19-/m0/s1. The van der Waals surface area contributed by atoms with Crippen molar-refractivity contribution in [2.24, 2.45) is 5.16 Å². The van der Waals surface area contributed by atoms with Gasteiger partial charge in [-0.2, -0.15) is 0 Å². The van der Waals surface area contributed by atoms with Crippen molar-refractivity contribution in [2.45, 2.75) is 25.5 Å². The van der Waals surface area contributed by atoms with Crippen LogP contribution in [0, 0.1) is 0 Å². The van der Waals surface area contributed by atoms with Gasteiger partial charge < -0.3 is 9.74 Å². The van der Waals surface area contributed by atoms with E-state index in [9.17, 15) is 4.79 Å². The number of likely N-dealkylation sites (N-methyl/N-ethyl adjacent to an activating group) is 1. The van der Waals surface area contributed by atoms with Gasteiger partial charge in [-0.15, -0.1) is 11.3 Å². The van der Waals surface area contributed by atoms with Crippen molar-refractivity contribution in [2.75, 3.05) is 7.05 Å². The lowest BCUT2D eigenvalue weighted by Crippen LogP contribution is -2.36. The maximum absolute atomic E-state index is 12.6. The Morgan fingerprint density at radius 2 is 2.12 bits per heavy atom. The number of carbonyl (C=O) groups is 1. The minimum atomic E-state index is -0.538. The molecule has 26 heavy (non-hydrogen) atoms. The maximum atomic E-state index is 12.6. The highest BCUT2D eigenvalue weighted by Gasteiger charge is 2.30. The van der Waals surface area contributed by atoms with Crippen molar-refractivity contribution in [3.63, 3.8) is 0 Å². The lowest BCUT2D eigenvalue weighted by molar-refractivity contribution is -0.141. The molecule has 0 fully saturated rings. The van der Waals surface area contributed by atoms with Gasteiger partial charge in [0, 0.05) is 25.3 Å². The molecule has 6 heteroatoms. The molecule has 0 unspecified atom stereocenters.